The summed E-state index contributed by atoms with van der Waals surface area (Å²) in [6.07, 6.45) is -0.175. The molecule has 162 valence electrons. The van der Waals surface area contributed by atoms with Crippen molar-refractivity contribution in [3.63, 3.8) is 0 Å². The van der Waals surface area contributed by atoms with E-state index in [0.29, 0.717) is 17.1 Å². The van der Waals surface area contributed by atoms with Crippen molar-refractivity contribution in [2.24, 2.45) is 7.05 Å². The van der Waals surface area contributed by atoms with Crippen molar-refractivity contribution >= 4 is 19.6 Å². The highest BCUT2D eigenvalue weighted by atomic mass is 31.2. The summed E-state index contributed by atoms with van der Waals surface area (Å²) < 4.78 is 36.4. The van der Waals surface area contributed by atoms with Crippen LogP contribution in [0.2, 0.25) is 0 Å². The van der Waals surface area contributed by atoms with Crippen LogP contribution in [-0.4, -0.2) is 60.3 Å². The van der Waals surface area contributed by atoms with E-state index >= 15 is 0 Å². The third-order valence-corrected chi connectivity index (χ3v) is 4.98. The molecule has 2 aromatic heterocycles. The van der Waals surface area contributed by atoms with E-state index in [0.717, 1.165) is 4.90 Å². The molecule has 1 saturated heterocycles. The maximum absolute atomic E-state index is 14.8. The quantitative estimate of drug-likeness (QED) is 0.529. The van der Waals surface area contributed by atoms with Gasteiger partial charge in [0.1, 0.15) is 17.6 Å². The highest BCUT2D eigenvalue weighted by Gasteiger charge is 2.34. The standard InChI is InChI=1S/C17H16FN6O6P/c1-23-16(20-21-22-23)15-5-2-10(7-19-15)13-4-3-11(6-14(13)18)24-8-12(30-17(24)25)9-29-31(26,27)28/h2-7,12H,8-9H2,1H3,(H2,26,27,28)/t12-/m0/s1. The van der Waals surface area contributed by atoms with Crippen LogP contribution in [0.5, 0.6) is 0 Å². The highest BCUT2D eigenvalue weighted by molar-refractivity contribution is 7.46. The van der Waals surface area contributed by atoms with Crippen LogP contribution in [0.25, 0.3) is 22.6 Å². The predicted molar refractivity (Wildman–Crippen MR) is 103 cm³/mol. The Morgan fingerprint density at radius 2 is 2.13 bits per heavy atom. The first kappa shape index (κ1) is 21.0. The van der Waals surface area contributed by atoms with Crippen molar-refractivity contribution in [3.05, 3.63) is 42.3 Å². The molecule has 0 spiro atoms. The summed E-state index contributed by atoms with van der Waals surface area (Å²) in [7, 11) is -3.01. The van der Waals surface area contributed by atoms with Gasteiger partial charge in [0.2, 0.25) is 0 Å². The minimum atomic E-state index is -4.69. The second kappa shape index (κ2) is 8.12. The number of tetrazole rings is 1. The van der Waals surface area contributed by atoms with E-state index in [1.165, 1.54) is 29.1 Å². The molecule has 12 nitrogen and oxygen atoms in total. The van der Waals surface area contributed by atoms with Crippen molar-refractivity contribution in [3.8, 4) is 22.6 Å². The van der Waals surface area contributed by atoms with Crippen LogP contribution >= 0.6 is 7.82 Å². The number of hydrogen-bond donors (Lipinski definition) is 2. The number of cyclic esters (lactones) is 1. The number of amides is 1. The number of aromatic nitrogens is 5. The number of halogens is 1. The molecule has 1 atom stereocenters. The summed E-state index contributed by atoms with van der Waals surface area (Å²) in [4.78, 5) is 35.0. The van der Waals surface area contributed by atoms with Crippen LogP contribution in [0.3, 0.4) is 0 Å². The lowest BCUT2D eigenvalue weighted by atomic mass is 10.1. The Bertz CT molecular complexity index is 1170. The van der Waals surface area contributed by atoms with Crippen molar-refractivity contribution in [2.75, 3.05) is 18.1 Å². The fourth-order valence-electron chi connectivity index (χ4n) is 3.04. The summed E-state index contributed by atoms with van der Waals surface area (Å²) in [6.45, 7) is -0.522. The number of ether oxygens (including phenoxy) is 1. The second-order valence-electron chi connectivity index (χ2n) is 6.63. The lowest BCUT2D eigenvalue weighted by Gasteiger charge is -2.14. The molecule has 4 rings (SSSR count). The Kier molecular flexibility index (Phi) is 5.50. The number of anilines is 1. The predicted octanol–water partition coefficient (Wildman–Crippen LogP) is 1.51. The largest absolute Gasteiger partial charge is 0.469 e. The van der Waals surface area contributed by atoms with E-state index in [1.807, 2.05) is 0 Å². The van der Waals surface area contributed by atoms with Gasteiger partial charge in [0.15, 0.2) is 5.82 Å². The Balaban J connectivity index is 1.50. The van der Waals surface area contributed by atoms with Crippen molar-refractivity contribution in [2.45, 2.75) is 6.10 Å². The van der Waals surface area contributed by atoms with Crippen molar-refractivity contribution in [1.29, 1.82) is 0 Å². The molecule has 3 heterocycles. The number of rotatable bonds is 6. The van der Waals surface area contributed by atoms with E-state index in [2.05, 4.69) is 25.0 Å². The van der Waals surface area contributed by atoms with Gasteiger partial charge < -0.3 is 14.5 Å². The molecule has 1 aliphatic heterocycles. The number of benzene rings is 1. The molecule has 1 aromatic carbocycles. The molecule has 0 aliphatic carbocycles. The minimum absolute atomic E-state index is 0.0421. The number of hydrogen-bond acceptors (Lipinski definition) is 8. The van der Waals surface area contributed by atoms with Crippen LogP contribution in [0, 0.1) is 5.82 Å². The average Bonchev–Trinajstić information content (AvgIpc) is 3.31. The van der Waals surface area contributed by atoms with Crippen LogP contribution in [0.15, 0.2) is 36.5 Å². The Morgan fingerprint density at radius 3 is 2.74 bits per heavy atom. The van der Waals surface area contributed by atoms with Crippen LogP contribution in [-0.2, 0) is 20.9 Å². The van der Waals surface area contributed by atoms with Crippen molar-refractivity contribution in [1.82, 2.24) is 25.2 Å². The van der Waals surface area contributed by atoms with Gasteiger partial charge in [0, 0.05) is 24.4 Å². The molecule has 1 aliphatic rings. The fraction of sp³-hybridized carbons (Fsp3) is 0.235. The lowest BCUT2D eigenvalue weighted by molar-refractivity contribution is 0.0880. The molecular weight excluding hydrogens is 434 g/mol. The Morgan fingerprint density at radius 1 is 1.32 bits per heavy atom. The van der Waals surface area contributed by atoms with Gasteiger partial charge in [0.05, 0.1) is 18.8 Å². The zero-order chi connectivity index (χ0) is 22.2. The molecule has 2 N–H and O–H groups in total. The smallest absolute Gasteiger partial charge is 0.441 e. The van der Waals surface area contributed by atoms with Crippen LogP contribution in [0.1, 0.15) is 0 Å². The maximum atomic E-state index is 14.8. The molecule has 0 unspecified atom stereocenters. The molecule has 1 amide bonds. The minimum Gasteiger partial charge on any atom is -0.441 e. The van der Waals surface area contributed by atoms with Gasteiger partial charge in [-0.3, -0.25) is 14.4 Å². The number of pyridine rings is 1. The van der Waals surface area contributed by atoms with E-state index in [4.69, 9.17) is 14.5 Å². The number of nitrogens with zero attached hydrogens (tertiary/aromatic N) is 6. The molecule has 0 radical (unpaired) electrons. The molecule has 3 aromatic rings. The summed E-state index contributed by atoms with van der Waals surface area (Å²) >= 11 is 0. The summed E-state index contributed by atoms with van der Waals surface area (Å²) in [5.74, 6) is -0.123. The lowest BCUT2D eigenvalue weighted by Crippen LogP contribution is -2.25. The van der Waals surface area contributed by atoms with E-state index < -0.39 is 32.4 Å². The number of phosphoric acid groups is 1. The normalized spacial score (nSPS) is 16.6. The Hall–Kier alpha value is -3.25. The third kappa shape index (κ3) is 4.59. The molecule has 1 fully saturated rings. The number of phosphoric ester groups is 1. The van der Waals surface area contributed by atoms with Gasteiger partial charge >= 0.3 is 13.9 Å². The summed E-state index contributed by atoms with van der Waals surface area (Å²) in [5, 5.41) is 11.2. The monoisotopic (exact) mass is 450 g/mol. The number of carbonyl (C=O) groups is 1. The van der Waals surface area contributed by atoms with E-state index in [-0.39, 0.29) is 17.8 Å². The Labute approximate surface area is 174 Å². The first-order valence-electron chi connectivity index (χ1n) is 8.88. The van der Waals surface area contributed by atoms with Gasteiger partial charge in [-0.25, -0.2) is 18.4 Å². The highest BCUT2D eigenvalue weighted by Crippen LogP contribution is 2.37. The van der Waals surface area contributed by atoms with Gasteiger partial charge in [-0.05, 0) is 34.7 Å². The maximum Gasteiger partial charge on any atom is 0.469 e. The fourth-order valence-corrected chi connectivity index (χ4v) is 3.40. The van der Waals surface area contributed by atoms with Crippen LogP contribution < -0.4 is 4.90 Å². The first-order valence-corrected chi connectivity index (χ1v) is 10.4. The van der Waals surface area contributed by atoms with Gasteiger partial charge in [0.25, 0.3) is 0 Å². The molecule has 0 bridgehead atoms. The van der Waals surface area contributed by atoms with E-state index in [1.54, 1.807) is 19.2 Å². The van der Waals surface area contributed by atoms with Gasteiger partial charge in [-0.15, -0.1) is 5.10 Å². The number of aryl methyl sites for hydroxylation is 1. The summed E-state index contributed by atoms with van der Waals surface area (Å²) in [6, 6.07) is 7.54. The van der Waals surface area contributed by atoms with Crippen molar-refractivity contribution < 1.29 is 32.8 Å². The molecule has 0 saturated carbocycles. The van der Waals surface area contributed by atoms with Gasteiger partial charge in [-0.1, -0.05) is 6.07 Å². The number of carbonyl (C=O) groups excluding carboxylic acids is 1. The zero-order valence-corrected chi connectivity index (χ0v) is 16.9. The summed E-state index contributed by atoms with van der Waals surface area (Å²) in [5.41, 5.74) is 1.55. The van der Waals surface area contributed by atoms with Crippen LogP contribution in [0.4, 0.5) is 14.9 Å². The van der Waals surface area contributed by atoms with E-state index in [9.17, 15) is 13.8 Å². The second-order valence-corrected chi connectivity index (χ2v) is 7.86. The molecular formula is C17H16FN6O6P. The first-order chi connectivity index (χ1) is 14.7. The SMILES string of the molecule is Cn1nnnc1-c1ccc(-c2ccc(N3C[C@@H](COP(=O)(O)O)OC3=O)cc2F)cn1. The zero-order valence-electron chi connectivity index (χ0n) is 16.0. The molecule has 14 heteroatoms. The topological polar surface area (TPSA) is 153 Å². The third-order valence-electron chi connectivity index (χ3n) is 4.49. The van der Waals surface area contributed by atoms with Gasteiger partial charge in [-0.2, -0.15) is 0 Å². The average molecular weight is 450 g/mol. The molecule has 31 heavy (non-hydrogen) atoms.